The minimum atomic E-state index is -0.0465. The maximum Gasteiger partial charge on any atom is 0.289 e. The van der Waals surface area contributed by atoms with Crippen LogP contribution in [0.4, 0.5) is 0 Å². The Kier molecular flexibility index (Phi) is 4.28. The quantitative estimate of drug-likeness (QED) is 0.711. The number of carbonyl (C=O) groups is 1. The lowest BCUT2D eigenvalue weighted by atomic mass is 10.1. The average Bonchev–Trinajstić information content (AvgIpc) is 3.41. The van der Waals surface area contributed by atoms with Crippen molar-refractivity contribution in [3.63, 3.8) is 0 Å². The van der Waals surface area contributed by atoms with Crippen LogP contribution in [0, 0.1) is 0 Å². The zero-order chi connectivity index (χ0) is 17.1. The van der Waals surface area contributed by atoms with Crippen molar-refractivity contribution in [2.24, 2.45) is 0 Å². The first kappa shape index (κ1) is 15.6. The van der Waals surface area contributed by atoms with Crippen LogP contribution < -0.4 is 0 Å². The van der Waals surface area contributed by atoms with E-state index in [4.69, 9.17) is 8.94 Å². The van der Waals surface area contributed by atoms with Crippen molar-refractivity contribution in [3.8, 4) is 11.6 Å². The lowest BCUT2D eigenvalue weighted by Gasteiger charge is -2.23. The highest BCUT2D eigenvalue weighted by atomic mass is 16.5. The normalized spacial score (nSPS) is 17.1. The van der Waals surface area contributed by atoms with Crippen LogP contribution in [0.5, 0.6) is 0 Å². The summed E-state index contributed by atoms with van der Waals surface area (Å²) < 4.78 is 10.5. The molecule has 128 valence electrons. The third-order valence-corrected chi connectivity index (χ3v) is 4.42. The van der Waals surface area contributed by atoms with Gasteiger partial charge in [-0.2, -0.15) is 4.98 Å². The predicted octanol–water partition coefficient (Wildman–Crippen LogP) is 2.96. The predicted molar refractivity (Wildman–Crippen MR) is 88.6 cm³/mol. The molecule has 1 aliphatic rings. The third-order valence-electron chi connectivity index (χ3n) is 4.42. The number of pyridine rings is 1. The molecule has 1 aliphatic heterocycles. The van der Waals surface area contributed by atoms with E-state index in [2.05, 4.69) is 15.1 Å². The maximum atomic E-state index is 12.5. The number of hydrogen-bond donors (Lipinski definition) is 0. The van der Waals surface area contributed by atoms with E-state index in [1.807, 2.05) is 23.1 Å². The van der Waals surface area contributed by atoms with Crippen LogP contribution in [0.1, 0.15) is 35.6 Å². The Hall–Kier alpha value is -2.96. The van der Waals surface area contributed by atoms with Gasteiger partial charge in [-0.3, -0.25) is 9.78 Å². The van der Waals surface area contributed by atoms with Crippen LogP contribution in [-0.4, -0.2) is 38.5 Å². The molecular weight excluding hydrogens is 320 g/mol. The van der Waals surface area contributed by atoms with Crippen molar-refractivity contribution in [1.29, 1.82) is 0 Å². The first-order valence-corrected chi connectivity index (χ1v) is 8.40. The molecule has 0 saturated carbocycles. The van der Waals surface area contributed by atoms with Crippen LogP contribution in [0.25, 0.3) is 11.6 Å². The Labute approximate surface area is 144 Å². The van der Waals surface area contributed by atoms with Crippen molar-refractivity contribution in [2.75, 3.05) is 6.54 Å². The highest BCUT2D eigenvalue weighted by molar-refractivity contribution is 5.91. The van der Waals surface area contributed by atoms with Crippen molar-refractivity contribution in [2.45, 2.75) is 31.7 Å². The number of aromatic nitrogens is 3. The summed E-state index contributed by atoms with van der Waals surface area (Å²) in [6.45, 7) is 0.760. The molecule has 1 saturated heterocycles. The SMILES string of the molecule is O=C(c1ccco1)N1CCCC1CCc1noc(-c2ccccn2)n1. The Morgan fingerprint density at radius 3 is 3.04 bits per heavy atom. The fourth-order valence-corrected chi connectivity index (χ4v) is 3.19. The molecule has 4 heterocycles. The van der Waals surface area contributed by atoms with Gasteiger partial charge < -0.3 is 13.8 Å². The van der Waals surface area contributed by atoms with E-state index in [-0.39, 0.29) is 11.9 Å². The fraction of sp³-hybridized carbons (Fsp3) is 0.333. The molecule has 0 radical (unpaired) electrons. The number of carbonyl (C=O) groups excluding carboxylic acids is 1. The molecule has 0 aliphatic carbocycles. The summed E-state index contributed by atoms with van der Waals surface area (Å²) in [5, 5.41) is 4.03. The van der Waals surface area contributed by atoms with Crippen LogP contribution in [0.3, 0.4) is 0 Å². The monoisotopic (exact) mass is 338 g/mol. The molecular formula is C18H18N4O3. The van der Waals surface area contributed by atoms with E-state index < -0.39 is 0 Å². The van der Waals surface area contributed by atoms with E-state index >= 15 is 0 Å². The van der Waals surface area contributed by atoms with Gasteiger partial charge in [0.2, 0.25) is 0 Å². The summed E-state index contributed by atoms with van der Waals surface area (Å²) in [4.78, 5) is 23.0. The summed E-state index contributed by atoms with van der Waals surface area (Å²) in [5.74, 6) is 1.40. The number of rotatable bonds is 5. The molecule has 7 nitrogen and oxygen atoms in total. The number of aryl methyl sites for hydroxylation is 1. The Bertz CT molecular complexity index is 829. The second-order valence-electron chi connectivity index (χ2n) is 6.04. The van der Waals surface area contributed by atoms with Gasteiger partial charge in [-0.15, -0.1) is 0 Å². The number of hydrogen-bond acceptors (Lipinski definition) is 6. The summed E-state index contributed by atoms with van der Waals surface area (Å²) in [6.07, 6.45) is 6.66. The van der Waals surface area contributed by atoms with Crippen LogP contribution in [-0.2, 0) is 6.42 Å². The van der Waals surface area contributed by atoms with Gasteiger partial charge in [-0.05, 0) is 43.5 Å². The molecule has 0 spiro atoms. The van der Waals surface area contributed by atoms with Gasteiger partial charge >= 0.3 is 0 Å². The molecule has 25 heavy (non-hydrogen) atoms. The van der Waals surface area contributed by atoms with Crippen LogP contribution >= 0.6 is 0 Å². The lowest BCUT2D eigenvalue weighted by Crippen LogP contribution is -2.35. The van der Waals surface area contributed by atoms with E-state index in [0.29, 0.717) is 29.6 Å². The van der Waals surface area contributed by atoms with E-state index in [9.17, 15) is 4.79 Å². The second kappa shape index (κ2) is 6.88. The first-order chi connectivity index (χ1) is 12.3. The molecule has 1 unspecified atom stereocenters. The number of nitrogens with zero attached hydrogens (tertiary/aromatic N) is 4. The standard InChI is InChI=1S/C18H18N4O3/c23-18(15-7-4-12-24-15)22-11-3-5-13(22)8-9-16-20-17(25-21-16)14-6-1-2-10-19-14/h1-2,4,6-7,10,12-13H,3,5,8-9,11H2. The minimum absolute atomic E-state index is 0.0465. The average molecular weight is 338 g/mol. The highest BCUT2D eigenvalue weighted by Gasteiger charge is 2.30. The molecule has 0 bridgehead atoms. The second-order valence-corrected chi connectivity index (χ2v) is 6.04. The molecule has 0 aromatic carbocycles. The van der Waals surface area contributed by atoms with Crippen molar-refractivity contribution in [1.82, 2.24) is 20.0 Å². The lowest BCUT2D eigenvalue weighted by molar-refractivity contribution is 0.0698. The summed E-state index contributed by atoms with van der Waals surface area (Å²) >= 11 is 0. The largest absolute Gasteiger partial charge is 0.459 e. The Balaban J connectivity index is 1.39. The highest BCUT2D eigenvalue weighted by Crippen LogP contribution is 2.24. The van der Waals surface area contributed by atoms with Gasteiger partial charge in [-0.25, -0.2) is 0 Å². The molecule has 3 aromatic rings. The van der Waals surface area contributed by atoms with E-state index in [0.717, 1.165) is 25.8 Å². The van der Waals surface area contributed by atoms with Gasteiger partial charge in [0.1, 0.15) is 5.69 Å². The molecule has 0 N–H and O–H groups in total. The first-order valence-electron chi connectivity index (χ1n) is 8.40. The van der Waals surface area contributed by atoms with Gasteiger partial charge in [-0.1, -0.05) is 11.2 Å². The summed E-state index contributed by atoms with van der Waals surface area (Å²) in [7, 11) is 0. The number of likely N-dealkylation sites (tertiary alicyclic amines) is 1. The Morgan fingerprint density at radius 2 is 2.24 bits per heavy atom. The maximum absolute atomic E-state index is 12.5. The summed E-state index contributed by atoms with van der Waals surface area (Å²) in [6, 6.07) is 9.16. The minimum Gasteiger partial charge on any atom is -0.459 e. The smallest absolute Gasteiger partial charge is 0.289 e. The topological polar surface area (TPSA) is 85.3 Å². The van der Waals surface area contributed by atoms with E-state index in [1.165, 1.54) is 6.26 Å². The third kappa shape index (κ3) is 3.31. The fourth-order valence-electron chi connectivity index (χ4n) is 3.19. The molecule has 3 aromatic heterocycles. The van der Waals surface area contributed by atoms with Crippen molar-refractivity contribution < 1.29 is 13.7 Å². The zero-order valence-corrected chi connectivity index (χ0v) is 13.7. The van der Waals surface area contributed by atoms with Crippen LogP contribution in [0.15, 0.2) is 51.7 Å². The van der Waals surface area contributed by atoms with E-state index in [1.54, 1.807) is 18.3 Å². The van der Waals surface area contributed by atoms with Crippen molar-refractivity contribution >= 4 is 5.91 Å². The molecule has 1 atom stereocenters. The Morgan fingerprint density at radius 1 is 1.28 bits per heavy atom. The molecule has 1 amide bonds. The van der Waals surface area contributed by atoms with Gasteiger partial charge in [0.05, 0.1) is 6.26 Å². The zero-order valence-electron chi connectivity index (χ0n) is 13.7. The van der Waals surface area contributed by atoms with Gasteiger partial charge in [0.25, 0.3) is 11.8 Å². The molecule has 7 heteroatoms. The van der Waals surface area contributed by atoms with Gasteiger partial charge in [0.15, 0.2) is 11.6 Å². The van der Waals surface area contributed by atoms with Gasteiger partial charge in [0, 0.05) is 25.2 Å². The van der Waals surface area contributed by atoms with Crippen LogP contribution in [0.2, 0.25) is 0 Å². The molecule has 4 rings (SSSR count). The molecule has 1 fully saturated rings. The number of furan rings is 1. The summed E-state index contributed by atoms with van der Waals surface area (Å²) in [5.41, 5.74) is 0.664. The number of amides is 1. The van der Waals surface area contributed by atoms with Crippen molar-refractivity contribution in [3.05, 3.63) is 54.4 Å².